The lowest BCUT2D eigenvalue weighted by Gasteiger charge is -2.07. The fraction of sp³-hybridized carbons (Fsp3) is 0.167. The standard InChI is InChI=1S/C18H17N3O3S/c22-18(19-13-6-7-13)17-11-12-10-14(8-9-16(12)20-17)21-25(23,24)15-4-2-1-3-5-15/h1-5,8-11,13,20-21H,6-7H2,(H,19,22). The van der Waals surface area contributed by atoms with Crippen molar-refractivity contribution in [1.29, 1.82) is 0 Å². The predicted molar refractivity (Wildman–Crippen MR) is 96.0 cm³/mol. The van der Waals surface area contributed by atoms with Crippen LogP contribution in [0.15, 0.2) is 59.5 Å². The Kier molecular flexibility index (Phi) is 3.73. The van der Waals surface area contributed by atoms with Crippen LogP contribution in [-0.2, 0) is 10.0 Å². The summed E-state index contributed by atoms with van der Waals surface area (Å²) in [4.78, 5) is 15.4. The normalized spacial score (nSPS) is 14.4. The van der Waals surface area contributed by atoms with Crippen molar-refractivity contribution in [2.24, 2.45) is 0 Å². The van der Waals surface area contributed by atoms with Gasteiger partial charge in [-0.25, -0.2) is 8.42 Å². The Balaban J connectivity index is 1.59. The first-order valence-electron chi connectivity index (χ1n) is 8.03. The molecule has 0 saturated heterocycles. The Bertz CT molecular complexity index is 1040. The fourth-order valence-electron chi connectivity index (χ4n) is 2.62. The quantitative estimate of drug-likeness (QED) is 0.657. The van der Waals surface area contributed by atoms with Crippen molar-refractivity contribution in [3.05, 3.63) is 60.3 Å². The molecule has 0 bridgehead atoms. The van der Waals surface area contributed by atoms with E-state index >= 15 is 0 Å². The molecule has 0 atom stereocenters. The first-order chi connectivity index (χ1) is 12.0. The van der Waals surface area contributed by atoms with E-state index in [2.05, 4.69) is 15.0 Å². The summed E-state index contributed by atoms with van der Waals surface area (Å²) in [6, 6.07) is 15.3. The number of aromatic nitrogens is 1. The van der Waals surface area contributed by atoms with Gasteiger partial charge in [-0.1, -0.05) is 18.2 Å². The summed E-state index contributed by atoms with van der Waals surface area (Å²) in [5.74, 6) is -0.134. The molecule has 7 heteroatoms. The van der Waals surface area contributed by atoms with Crippen LogP contribution in [0.1, 0.15) is 23.3 Å². The van der Waals surface area contributed by atoms with Crippen molar-refractivity contribution < 1.29 is 13.2 Å². The average molecular weight is 355 g/mol. The number of sulfonamides is 1. The molecular formula is C18H17N3O3S. The number of hydrogen-bond donors (Lipinski definition) is 3. The highest BCUT2D eigenvalue weighted by atomic mass is 32.2. The van der Waals surface area contributed by atoms with Gasteiger partial charge in [0.2, 0.25) is 0 Å². The number of rotatable bonds is 5. The minimum Gasteiger partial charge on any atom is -0.351 e. The van der Waals surface area contributed by atoms with Crippen LogP contribution < -0.4 is 10.0 Å². The zero-order valence-electron chi connectivity index (χ0n) is 13.3. The first-order valence-corrected chi connectivity index (χ1v) is 9.51. The van der Waals surface area contributed by atoms with E-state index in [1.54, 1.807) is 42.5 Å². The van der Waals surface area contributed by atoms with Gasteiger partial charge in [0.25, 0.3) is 15.9 Å². The lowest BCUT2D eigenvalue weighted by Crippen LogP contribution is -2.25. The molecule has 0 spiro atoms. The van der Waals surface area contributed by atoms with E-state index in [0.29, 0.717) is 11.4 Å². The third-order valence-corrected chi connectivity index (χ3v) is 5.48. The highest BCUT2D eigenvalue weighted by Crippen LogP contribution is 2.24. The number of benzene rings is 2. The first kappa shape index (κ1) is 15.7. The van der Waals surface area contributed by atoms with Crippen molar-refractivity contribution >= 4 is 32.5 Å². The molecule has 1 amide bonds. The van der Waals surface area contributed by atoms with E-state index in [4.69, 9.17) is 0 Å². The molecule has 3 aromatic rings. The summed E-state index contributed by atoms with van der Waals surface area (Å²) in [5.41, 5.74) is 1.71. The Morgan fingerprint density at radius 3 is 2.52 bits per heavy atom. The summed E-state index contributed by atoms with van der Waals surface area (Å²) >= 11 is 0. The lowest BCUT2D eigenvalue weighted by atomic mass is 10.2. The Hall–Kier alpha value is -2.80. The number of carbonyl (C=O) groups is 1. The largest absolute Gasteiger partial charge is 0.351 e. The summed E-state index contributed by atoms with van der Waals surface area (Å²) in [7, 11) is -3.64. The summed E-state index contributed by atoms with van der Waals surface area (Å²) in [5, 5.41) is 3.70. The van der Waals surface area contributed by atoms with Crippen LogP contribution >= 0.6 is 0 Å². The molecule has 1 saturated carbocycles. The summed E-state index contributed by atoms with van der Waals surface area (Å²) in [6.45, 7) is 0. The zero-order valence-corrected chi connectivity index (χ0v) is 14.1. The Morgan fingerprint density at radius 2 is 1.80 bits per heavy atom. The minimum absolute atomic E-state index is 0.134. The molecule has 1 aliphatic rings. The maximum Gasteiger partial charge on any atom is 0.267 e. The van der Waals surface area contributed by atoms with E-state index in [1.807, 2.05) is 0 Å². The third-order valence-electron chi connectivity index (χ3n) is 4.08. The van der Waals surface area contributed by atoms with Crippen LogP contribution in [0.2, 0.25) is 0 Å². The van der Waals surface area contributed by atoms with E-state index < -0.39 is 10.0 Å². The van der Waals surface area contributed by atoms with Gasteiger partial charge in [-0.15, -0.1) is 0 Å². The molecule has 3 N–H and O–H groups in total. The van der Waals surface area contributed by atoms with Gasteiger partial charge in [0.15, 0.2) is 0 Å². The van der Waals surface area contributed by atoms with Crippen LogP contribution in [0.4, 0.5) is 5.69 Å². The Labute approximate surface area is 145 Å². The predicted octanol–water partition coefficient (Wildman–Crippen LogP) is 2.86. The maximum atomic E-state index is 12.4. The number of amides is 1. The van der Waals surface area contributed by atoms with E-state index in [0.717, 1.165) is 23.7 Å². The molecule has 1 aliphatic carbocycles. The molecule has 6 nitrogen and oxygen atoms in total. The van der Waals surface area contributed by atoms with Crippen LogP contribution in [-0.4, -0.2) is 25.4 Å². The fourth-order valence-corrected chi connectivity index (χ4v) is 3.69. The van der Waals surface area contributed by atoms with E-state index in [1.165, 1.54) is 12.1 Å². The van der Waals surface area contributed by atoms with Gasteiger partial charge in [-0.05, 0) is 49.2 Å². The molecule has 0 radical (unpaired) electrons. The molecule has 25 heavy (non-hydrogen) atoms. The molecular weight excluding hydrogens is 338 g/mol. The highest BCUT2D eigenvalue weighted by Gasteiger charge is 2.24. The summed E-state index contributed by atoms with van der Waals surface area (Å²) in [6.07, 6.45) is 2.05. The smallest absolute Gasteiger partial charge is 0.267 e. The van der Waals surface area contributed by atoms with Gasteiger partial charge in [-0.2, -0.15) is 0 Å². The number of anilines is 1. The zero-order chi connectivity index (χ0) is 17.4. The number of carbonyl (C=O) groups excluding carboxylic acids is 1. The molecule has 128 valence electrons. The lowest BCUT2D eigenvalue weighted by molar-refractivity contribution is 0.0947. The highest BCUT2D eigenvalue weighted by molar-refractivity contribution is 7.92. The van der Waals surface area contributed by atoms with Gasteiger partial charge in [0.05, 0.1) is 4.90 Å². The molecule has 2 aromatic carbocycles. The van der Waals surface area contributed by atoms with Crippen LogP contribution in [0.5, 0.6) is 0 Å². The number of H-pyrrole nitrogens is 1. The monoisotopic (exact) mass is 355 g/mol. The molecule has 4 rings (SSSR count). The Morgan fingerprint density at radius 1 is 1.04 bits per heavy atom. The topological polar surface area (TPSA) is 91.1 Å². The maximum absolute atomic E-state index is 12.4. The SMILES string of the molecule is O=C(NC1CC1)c1cc2cc(NS(=O)(=O)c3ccccc3)ccc2[nH]1. The van der Waals surface area contributed by atoms with Crippen molar-refractivity contribution in [2.75, 3.05) is 4.72 Å². The number of fused-ring (bicyclic) bond motifs is 1. The van der Waals surface area contributed by atoms with Gasteiger partial charge in [0.1, 0.15) is 5.69 Å². The molecule has 1 aromatic heterocycles. The second-order valence-corrected chi connectivity index (χ2v) is 7.83. The van der Waals surface area contributed by atoms with Crippen molar-refractivity contribution in [1.82, 2.24) is 10.3 Å². The second-order valence-electron chi connectivity index (χ2n) is 6.15. The molecule has 1 heterocycles. The van der Waals surface area contributed by atoms with Crippen LogP contribution in [0.3, 0.4) is 0 Å². The van der Waals surface area contributed by atoms with Crippen molar-refractivity contribution in [2.45, 2.75) is 23.8 Å². The van der Waals surface area contributed by atoms with E-state index in [9.17, 15) is 13.2 Å². The molecule has 1 fully saturated rings. The average Bonchev–Trinajstić information content (AvgIpc) is 3.31. The molecule has 0 aliphatic heterocycles. The number of nitrogens with one attached hydrogen (secondary N) is 3. The minimum atomic E-state index is -3.64. The number of hydrogen-bond acceptors (Lipinski definition) is 3. The van der Waals surface area contributed by atoms with Gasteiger partial charge in [-0.3, -0.25) is 9.52 Å². The third kappa shape index (κ3) is 3.36. The number of aromatic amines is 1. The van der Waals surface area contributed by atoms with E-state index in [-0.39, 0.29) is 16.8 Å². The van der Waals surface area contributed by atoms with Crippen LogP contribution in [0.25, 0.3) is 10.9 Å². The second kappa shape index (κ2) is 5.93. The van der Waals surface area contributed by atoms with Gasteiger partial charge >= 0.3 is 0 Å². The molecule has 0 unspecified atom stereocenters. The van der Waals surface area contributed by atoms with Gasteiger partial charge < -0.3 is 10.3 Å². The van der Waals surface area contributed by atoms with Crippen LogP contribution in [0, 0.1) is 0 Å². The van der Waals surface area contributed by atoms with Crippen molar-refractivity contribution in [3.63, 3.8) is 0 Å². The van der Waals surface area contributed by atoms with Gasteiger partial charge in [0, 0.05) is 22.6 Å². The summed E-state index contributed by atoms with van der Waals surface area (Å²) < 4.78 is 27.4. The van der Waals surface area contributed by atoms with Crippen molar-refractivity contribution in [3.8, 4) is 0 Å².